The molecule has 0 bridgehead atoms. The maximum atomic E-state index is 12.3. The number of primary amides is 1. The molecular formula is C22H28N2O4. The molecule has 28 heavy (non-hydrogen) atoms. The first-order chi connectivity index (χ1) is 13.5. The third-order valence-electron chi connectivity index (χ3n) is 4.17. The Morgan fingerprint density at radius 1 is 1.04 bits per heavy atom. The molecule has 6 heteroatoms. The molecule has 0 atom stereocenters. The predicted molar refractivity (Wildman–Crippen MR) is 110 cm³/mol. The molecule has 2 rings (SSSR count). The Bertz CT molecular complexity index is 805. The summed E-state index contributed by atoms with van der Waals surface area (Å²) in [6, 6.07) is 12.4. The van der Waals surface area contributed by atoms with Gasteiger partial charge >= 0.3 is 0 Å². The summed E-state index contributed by atoms with van der Waals surface area (Å²) in [6.45, 7) is 5.23. The zero-order valence-corrected chi connectivity index (χ0v) is 16.5. The van der Waals surface area contributed by atoms with Gasteiger partial charge in [0.25, 0.3) is 5.91 Å². The van der Waals surface area contributed by atoms with Gasteiger partial charge in [0.2, 0.25) is 5.91 Å². The number of anilines is 1. The molecular weight excluding hydrogens is 356 g/mol. The smallest absolute Gasteiger partial charge is 0.250 e. The second-order valence-electron chi connectivity index (χ2n) is 6.37. The number of unbranched alkanes of at least 4 members (excludes halogenated alkanes) is 1. The molecule has 0 fully saturated rings. The summed E-state index contributed by atoms with van der Waals surface area (Å²) in [4.78, 5) is 23.7. The lowest BCUT2D eigenvalue weighted by atomic mass is 10.1. The number of ether oxygens (including phenoxy) is 2. The Kier molecular flexibility index (Phi) is 8.34. The molecule has 0 saturated carbocycles. The van der Waals surface area contributed by atoms with Gasteiger partial charge in [0.1, 0.15) is 0 Å². The van der Waals surface area contributed by atoms with Crippen molar-refractivity contribution in [2.75, 3.05) is 18.5 Å². The number of nitrogens with two attached hydrogens (primary N) is 1. The molecule has 0 unspecified atom stereocenters. The summed E-state index contributed by atoms with van der Waals surface area (Å²) in [6.07, 6.45) is 2.87. The highest BCUT2D eigenvalue weighted by Gasteiger charge is 2.12. The van der Waals surface area contributed by atoms with E-state index in [0.717, 1.165) is 24.2 Å². The van der Waals surface area contributed by atoms with Gasteiger partial charge in [0.15, 0.2) is 11.5 Å². The van der Waals surface area contributed by atoms with Gasteiger partial charge in [-0.1, -0.05) is 31.5 Å². The molecule has 2 aromatic rings. The lowest BCUT2D eigenvalue weighted by Gasteiger charge is -2.13. The third-order valence-corrected chi connectivity index (χ3v) is 4.17. The summed E-state index contributed by atoms with van der Waals surface area (Å²) in [5, 5.41) is 2.75. The van der Waals surface area contributed by atoms with Crippen molar-refractivity contribution in [3.05, 3.63) is 53.6 Å². The molecule has 0 aliphatic rings. The average Bonchev–Trinajstić information content (AvgIpc) is 2.68. The Morgan fingerprint density at radius 2 is 1.82 bits per heavy atom. The first-order valence-corrected chi connectivity index (χ1v) is 9.62. The van der Waals surface area contributed by atoms with Crippen molar-refractivity contribution in [3.63, 3.8) is 0 Å². The standard InChI is InChI=1S/C22H28N2O4/c1-3-5-14-28-19-12-10-16(15-20(19)27-4-2)11-13-21(25)24-18-9-7-6-8-17(18)22(23)26/h6-10,12,15H,3-5,11,13-14H2,1-2H3,(H2,23,26)(H,24,25). The largest absolute Gasteiger partial charge is 0.490 e. The number of aryl methyl sites for hydroxylation is 1. The molecule has 6 nitrogen and oxygen atoms in total. The average molecular weight is 384 g/mol. The molecule has 2 amide bonds. The molecule has 0 heterocycles. The van der Waals surface area contributed by atoms with Gasteiger partial charge in [0.05, 0.1) is 24.5 Å². The summed E-state index contributed by atoms with van der Waals surface area (Å²) >= 11 is 0. The molecule has 0 radical (unpaired) electrons. The van der Waals surface area contributed by atoms with Crippen LogP contribution in [0.3, 0.4) is 0 Å². The minimum absolute atomic E-state index is 0.185. The van der Waals surface area contributed by atoms with Crippen LogP contribution < -0.4 is 20.5 Å². The van der Waals surface area contributed by atoms with Crippen LogP contribution in [-0.4, -0.2) is 25.0 Å². The van der Waals surface area contributed by atoms with Crippen LogP contribution in [0.5, 0.6) is 11.5 Å². The summed E-state index contributed by atoms with van der Waals surface area (Å²) in [5.41, 5.74) is 7.04. The van der Waals surface area contributed by atoms with Crippen LogP contribution in [0.15, 0.2) is 42.5 Å². The first kappa shape index (κ1) is 21.3. The zero-order chi connectivity index (χ0) is 20.4. The van der Waals surface area contributed by atoms with Gasteiger partial charge in [-0.3, -0.25) is 9.59 Å². The van der Waals surface area contributed by atoms with Crippen LogP contribution in [0.2, 0.25) is 0 Å². The van der Waals surface area contributed by atoms with Crippen molar-refractivity contribution in [2.24, 2.45) is 5.73 Å². The van der Waals surface area contributed by atoms with Crippen molar-refractivity contribution < 1.29 is 19.1 Å². The number of para-hydroxylation sites is 1. The minimum Gasteiger partial charge on any atom is -0.490 e. The van der Waals surface area contributed by atoms with Crippen molar-refractivity contribution in [1.29, 1.82) is 0 Å². The summed E-state index contributed by atoms with van der Waals surface area (Å²) < 4.78 is 11.5. The minimum atomic E-state index is -0.573. The monoisotopic (exact) mass is 384 g/mol. The molecule has 0 spiro atoms. The van der Waals surface area contributed by atoms with Gasteiger partial charge in [0, 0.05) is 6.42 Å². The van der Waals surface area contributed by atoms with Crippen LogP contribution in [0.1, 0.15) is 49.0 Å². The fourth-order valence-electron chi connectivity index (χ4n) is 2.70. The van der Waals surface area contributed by atoms with E-state index < -0.39 is 5.91 Å². The number of carbonyl (C=O) groups is 2. The van der Waals surface area contributed by atoms with E-state index >= 15 is 0 Å². The predicted octanol–water partition coefficient (Wildman–Crippen LogP) is 3.93. The van der Waals surface area contributed by atoms with E-state index in [1.165, 1.54) is 0 Å². The highest BCUT2D eigenvalue weighted by molar-refractivity contribution is 6.02. The van der Waals surface area contributed by atoms with E-state index in [1.54, 1.807) is 24.3 Å². The second-order valence-corrected chi connectivity index (χ2v) is 6.37. The Balaban J connectivity index is 1.98. The van der Waals surface area contributed by atoms with Crippen LogP contribution in [0.4, 0.5) is 5.69 Å². The highest BCUT2D eigenvalue weighted by Crippen LogP contribution is 2.29. The maximum absolute atomic E-state index is 12.3. The number of hydrogen-bond donors (Lipinski definition) is 2. The van der Waals surface area contributed by atoms with E-state index in [-0.39, 0.29) is 12.3 Å². The number of carbonyl (C=O) groups excluding carboxylic acids is 2. The second kappa shape index (κ2) is 11.0. The molecule has 3 N–H and O–H groups in total. The van der Waals surface area contributed by atoms with E-state index in [2.05, 4.69) is 12.2 Å². The van der Waals surface area contributed by atoms with E-state index in [9.17, 15) is 9.59 Å². The van der Waals surface area contributed by atoms with Gasteiger partial charge in [-0.2, -0.15) is 0 Å². The fourth-order valence-corrected chi connectivity index (χ4v) is 2.70. The Hall–Kier alpha value is -3.02. The number of amides is 2. The number of nitrogens with one attached hydrogen (secondary N) is 1. The van der Waals surface area contributed by atoms with Gasteiger partial charge in [-0.15, -0.1) is 0 Å². The SMILES string of the molecule is CCCCOc1ccc(CCC(=O)Nc2ccccc2C(N)=O)cc1OCC. The van der Waals surface area contributed by atoms with Crippen molar-refractivity contribution in [1.82, 2.24) is 0 Å². The normalized spacial score (nSPS) is 10.4. The quantitative estimate of drug-likeness (QED) is 0.574. The van der Waals surface area contributed by atoms with E-state index in [0.29, 0.717) is 36.6 Å². The first-order valence-electron chi connectivity index (χ1n) is 9.62. The van der Waals surface area contributed by atoms with Crippen LogP contribution in [-0.2, 0) is 11.2 Å². The number of rotatable bonds is 11. The maximum Gasteiger partial charge on any atom is 0.250 e. The molecule has 0 aliphatic carbocycles. The lowest BCUT2D eigenvalue weighted by Crippen LogP contribution is -2.18. The number of hydrogen-bond acceptors (Lipinski definition) is 4. The van der Waals surface area contributed by atoms with Crippen molar-refractivity contribution in [3.8, 4) is 11.5 Å². The van der Waals surface area contributed by atoms with E-state index in [4.69, 9.17) is 15.2 Å². The lowest BCUT2D eigenvalue weighted by molar-refractivity contribution is -0.116. The highest BCUT2D eigenvalue weighted by atomic mass is 16.5. The molecule has 0 aliphatic heterocycles. The fraction of sp³-hybridized carbons (Fsp3) is 0.364. The number of benzene rings is 2. The molecule has 150 valence electrons. The molecule has 0 saturated heterocycles. The summed E-state index contributed by atoms with van der Waals surface area (Å²) in [7, 11) is 0. The van der Waals surface area contributed by atoms with E-state index in [1.807, 2.05) is 25.1 Å². The summed E-state index contributed by atoms with van der Waals surface area (Å²) in [5.74, 6) is 0.653. The Morgan fingerprint density at radius 3 is 2.54 bits per heavy atom. The third kappa shape index (κ3) is 6.30. The topological polar surface area (TPSA) is 90.6 Å². The van der Waals surface area contributed by atoms with Crippen LogP contribution in [0.25, 0.3) is 0 Å². The Labute approximate surface area is 166 Å². The van der Waals surface area contributed by atoms with Crippen LogP contribution >= 0.6 is 0 Å². The zero-order valence-electron chi connectivity index (χ0n) is 16.5. The van der Waals surface area contributed by atoms with Gasteiger partial charge in [-0.25, -0.2) is 0 Å². The molecule has 2 aromatic carbocycles. The van der Waals surface area contributed by atoms with Crippen molar-refractivity contribution >= 4 is 17.5 Å². The van der Waals surface area contributed by atoms with Gasteiger partial charge in [-0.05, 0) is 49.6 Å². The van der Waals surface area contributed by atoms with Gasteiger partial charge < -0.3 is 20.5 Å². The molecule has 0 aromatic heterocycles. The van der Waals surface area contributed by atoms with Crippen molar-refractivity contribution in [2.45, 2.75) is 39.5 Å². The van der Waals surface area contributed by atoms with Crippen LogP contribution in [0, 0.1) is 0 Å².